The molecular formula is C35H53N5O8. The first kappa shape index (κ1) is 36.9. The van der Waals surface area contributed by atoms with Crippen molar-refractivity contribution in [2.24, 2.45) is 34.8 Å². The molecule has 3 aliphatic rings. The fourth-order valence-electron chi connectivity index (χ4n) is 6.83. The van der Waals surface area contributed by atoms with Crippen LogP contribution in [0.1, 0.15) is 98.2 Å². The Balaban J connectivity index is 1.46. The summed E-state index contributed by atoms with van der Waals surface area (Å²) >= 11 is 0. The van der Waals surface area contributed by atoms with Gasteiger partial charge >= 0.3 is 12.0 Å². The van der Waals surface area contributed by atoms with Crippen molar-refractivity contribution in [3.8, 4) is 0 Å². The van der Waals surface area contributed by atoms with E-state index >= 15 is 0 Å². The van der Waals surface area contributed by atoms with Crippen molar-refractivity contribution in [3.63, 3.8) is 0 Å². The zero-order valence-corrected chi connectivity index (χ0v) is 29.0. The molecule has 4 atom stereocenters. The van der Waals surface area contributed by atoms with E-state index in [0.717, 1.165) is 32.1 Å². The lowest BCUT2D eigenvalue weighted by Gasteiger charge is -2.37. The Morgan fingerprint density at radius 3 is 2.33 bits per heavy atom. The number of nitrogens with two attached hydrogens (primary N) is 1. The zero-order valence-electron chi connectivity index (χ0n) is 29.0. The van der Waals surface area contributed by atoms with Crippen LogP contribution in [-0.2, 0) is 35.3 Å². The van der Waals surface area contributed by atoms with Crippen molar-refractivity contribution in [3.05, 3.63) is 24.2 Å². The average Bonchev–Trinajstić information content (AvgIpc) is 3.47. The normalized spacial score (nSPS) is 22.0. The Hall–Kier alpha value is -3.90. The number of likely N-dealkylation sites (tertiary alicyclic amines) is 1. The summed E-state index contributed by atoms with van der Waals surface area (Å²) in [6.45, 7) is 10.0. The van der Waals surface area contributed by atoms with Crippen LogP contribution in [0.15, 0.2) is 22.8 Å². The summed E-state index contributed by atoms with van der Waals surface area (Å²) in [5.74, 6) is -3.00. The Morgan fingerprint density at radius 1 is 1.08 bits per heavy atom. The summed E-state index contributed by atoms with van der Waals surface area (Å²) in [7, 11) is 0. The Bertz CT molecular complexity index is 1330. The number of hydrogen-bond acceptors (Lipinski definition) is 8. The highest BCUT2D eigenvalue weighted by Crippen LogP contribution is 2.36. The molecule has 4 rings (SSSR count). The second kappa shape index (κ2) is 15.5. The SMILES string of the molecule is CC(C)[C@@H]1C[C@@H](C(=O)NC(CC2CC2)C(=O)C(N)=O)N(C(=O)[C@@H](CNC(=O)NC2(C(=O)OCc3ccco3)CCCCC2)C(C)(C)C)C1. The predicted octanol–water partition coefficient (Wildman–Crippen LogP) is 3.20. The molecule has 5 N–H and O–H groups in total. The molecule has 2 saturated carbocycles. The number of ketones is 1. The third-order valence-electron chi connectivity index (χ3n) is 10.2. The van der Waals surface area contributed by atoms with Gasteiger partial charge in [-0.05, 0) is 61.0 Å². The number of amides is 5. The van der Waals surface area contributed by atoms with E-state index in [-0.39, 0.29) is 36.8 Å². The summed E-state index contributed by atoms with van der Waals surface area (Å²) in [5, 5.41) is 8.46. The van der Waals surface area contributed by atoms with E-state index in [1.165, 1.54) is 6.26 Å². The molecule has 2 heterocycles. The van der Waals surface area contributed by atoms with Crippen LogP contribution in [0, 0.1) is 29.1 Å². The number of primary amides is 1. The predicted molar refractivity (Wildman–Crippen MR) is 176 cm³/mol. The van der Waals surface area contributed by atoms with Crippen molar-refractivity contribution >= 4 is 35.5 Å². The molecular weight excluding hydrogens is 618 g/mol. The standard InChI is InChI=1S/C35H53N5O8/c1-21(2)23-17-27(30(43)38-26(16-22-11-12-22)28(41)29(36)42)40(19-23)31(44)25(34(3,4)5)18-37-33(46)39-35(13-7-6-8-14-35)32(45)48-20-24-10-9-15-47-24/h9-10,15,21-23,25-27H,6-8,11-14,16-20H2,1-5H3,(H2,36,42)(H,38,43)(H2,37,39,46)/t23-,25-,26?,27+/m1/s1. The maximum absolute atomic E-state index is 14.3. The summed E-state index contributed by atoms with van der Waals surface area (Å²) in [6, 6.07) is 0.946. The van der Waals surface area contributed by atoms with Crippen LogP contribution in [0.5, 0.6) is 0 Å². The Labute approximate surface area is 282 Å². The lowest BCUT2D eigenvalue weighted by molar-refractivity contribution is -0.154. The van der Waals surface area contributed by atoms with Crippen LogP contribution in [0.25, 0.3) is 0 Å². The number of Topliss-reactive ketones (excluding diaryl/α,β-unsaturated/α-hetero) is 1. The number of carbonyl (C=O) groups is 6. The van der Waals surface area contributed by atoms with Gasteiger partial charge in [-0.2, -0.15) is 0 Å². The second-order valence-corrected chi connectivity index (χ2v) is 15.3. The first-order chi connectivity index (χ1) is 22.6. The van der Waals surface area contributed by atoms with Gasteiger partial charge in [0, 0.05) is 13.1 Å². The fourth-order valence-corrected chi connectivity index (χ4v) is 6.83. The summed E-state index contributed by atoms with van der Waals surface area (Å²) in [6.07, 6.45) is 7.38. The van der Waals surface area contributed by atoms with Crippen LogP contribution in [0.3, 0.4) is 0 Å². The minimum absolute atomic E-state index is 0.0344. The maximum atomic E-state index is 14.3. The zero-order chi connectivity index (χ0) is 35.2. The van der Waals surface area contributed by atoms with E-state index in [1.54, 1.807) is 17.0 Å². The van der Waals surface area contributed by atoms with Gasteiger partial charge in [0.2, 0.25) is 17.6 Å². The van der Waals surface area contributed by atoms with Gasteiger partial charge in [0.1, 0.15) is 23.9 Å². The largest absolute Gasteiger partial charge is 0.466 e. The molecule has 266 valence electrons. The number of nitrogens with zero attached hydrogens (tertiary/aromatic N) is 1. The van der Waals surface area contributed by atoms with Crippen molar-refractivity contribution in [2.75, 3.05) is 13.1 Å². The van der Waals surface area contributed by atoms with Crippen molar-refractivity contribution in [2.45, 2.75) is 117 Å². The van der Waals surface area contributed by atoms with Gasteiger partial charge < -0.3 is 35.7 Å². The minimum atomic E-state index is -1.20. The molecule has 13 heteroatoms. The van der Waals surface area contributed by atoms with Gasteiger partial charge in [-0.1, -0.05) is 66.7 Å². The lowest BCUT2D eigenvalue weighted by atomic mass is 9.79. The minimum Gasteiger partial charge on any atom is -0.466 e. The molecule has 1 aromatic heterocycles. The number of rotatable bonds is 14. The smallest absolute Gasteiger partial charge is 0.332 e. The number of ether oxygens (including phenoxy) is 1. The Morgan fingerprint density at radius 2 is 1.77 bits per heavy atom. The average molecular weight is 672 g/mol. The van der Waals surface area contributed by atoms with Crippen LogP contribution in [0.4, 0.5) is 4.79 Å². The monoisotopic (exact) mass is 671 g/mol. The third-order valence-corrected chi connectivity index (χ3v) is 10.2. The van der Waals surface area contributed by atoms with Gasteiger partial charge in [-0.25, -0.2) is 9.59 Å². The first-order valence-electron chi connectivity index (χ1n) is 17.3. The van der Waals surface area contributed by atoms with Crippen LogP contribution in [0.2, 0.25) is 0 Å². The number of hydrogen-bond donors (Lipinski definition) is 4. The maximum Gasteiger partial charge on any atom is 0.332 e. The second-order valence-electron chi connectivity index (χ2n) is 15.3. The number of nitrogens with one attached hydrogen (secondary N) is 3. The molecule has 1 unspecified atom stereocenters. The number of esters is 1. The van der Waals surface area contributed by atoms with Crippen molar-refractivity contribution < 1.29 is 37.9 Å². The fraction of sp³-hybridized carbons (Fsp3) is 0.714. The first-order valence-corrected chi connectivity index (χ1v) is 17.3. The summed E-state index contributed by atoms with van der Waals surface area (Å²) in [4.78, 5) is 80.6. The van der Waals surface area contributed by atoms with Gasteiger partial charge in [-0.15, -0.1) is 0 Å². The molecule has 0 radical (unpaired) electrons. The highest BCUT2D eigenvalue weighted by atomic mass is 16.5. The van der Waals surface area contributed by atoms with Gasteiger partial charge in [-0.3, -0.25) is 19.2 Å². The number of furan rings is 1. The highest BCUT2D eigenvalue weighted by molar-refractivity contribution is 6.37. The van der Waals surface area contributed by atoms with Crippen molar-refractivity contribution in [1.82, 2.24) is 20.9 Å². The molecule has 0 bridgehead atoms. The van der Waals surface area contributed by atoms with Gasteiger partial charge in [0.05, 0.1) is 18.2 Å². The topological polar surface area (TPSA) is 190 Å². The van der Waals surface area contributed by atoms with Gasteiger partial charge in [0.25, 0.3) is 5.91 Å². The van der Waals surface area contributed by atoms with E-state index in [4.69, 9.17) is 14.9 Å². The molecule has 48 heavy (non-hydrogen) atoms. The summed E-state index contributed by atoms with van der Waals surface area (Å²) < 4.78 is 10.8. The number of urea groups is 1. The molecule has 13 nitrogen and oxygen atoms in total. The van der Waals surface area contributed by atoms with Crippen molar-refractivity contribution in [1.29, 1.82) is 0 Å². The lowest BCUT2D eigenvalue weighted by Crippen LogP contribution is -2.60. The quantitative estimate of drug-likeness (QED) is 0.171. The third kappa shape index (κ3) is 9.37. The molecule has 1 saturated heterocycles. The van der Waals surface area contributed by atoms with Crippen LogP contribution >= 0.6 is 0 Å². The van der Waals surface area contributed by atoms with Gasteiger partial charge in [0.15, 0.2) is 0 Å². The molecule has 3 fully saturated rings. The van der Waals surface area contributed by atoms with E-state index < -0.39 is 58.6 Å². The van der Waals surface area contributed by atoms with Crippen LogP contribution < -0.4 is 21.7 Å². The van der Waals surface area contributed by atoms with E-state index in [0.29, 0.717) is 38.0 Å². The van der Waals surface area contributed by atoms with E-state index in [1.807, 2.05) is 34.6 Å². The van der Waals surface area contributed by atoms with E-state index in [2.05, 4.69) is 16.0 Å². The molecule has 2 aliphatic carbocycles. The molecule has 0 spiro atoms. The van der Waals surface area contributed by atoms with E-state index in [9.17, 15) is 28.8 Å². The molecule has 5 amide bonds. The number of carbonyl (C=O) groups excluding carboxylic acids is 6. The Kier molecular flexibility index (Phi) is 12.0. The highest BCUT2D eigenvalue weighted by Gasteiger charge is 2.47. The van der Waals surface area contributed by atoms with Crippen LogP contribution in [-0.4, -0.2) is 71.1 Å². The molecule has 0 aromatic carbocycles. The summed E-state index contributed by atoms with van der Waals surface area (Å²) in [5.41, 5.74) is 3.49. The molecule has 1 aromatic rings. The molecule has 1 aliphatic heterocycles.